The molecule has 5 nitrogen and oxygen atoms in total. The van der Waals surface area contributed by atoms with E-state index >= 15 is 0 Å². The molecule has 1 atom stereocenters. The molecule has 104 valence electrons. The van der Waals surface area contributed by atoms with E-state index in [1.54, 1.807) is 24.3 Å². The Morgan fingerprint density at radius 3 is 2.79 bits per heavy atom. The highest BCUT2D eigenvalue weighted by Crippen LogP contribution is 2.17. The highest BCUT2D eigenvalue weighted by Gasteiger charge is 2.26. The number of nitrogens with one attached hydrogen (secondary N) is 1. The van der Waals surface area contributed by atoms with E-state index in [-0.39, 0.29) is 5.75 Å². The van der Waals surface area contributed by atoms with E-state index in [1.807, 2.05) is 0 Å². The van der Waals surface area contributed by atoms with E-state index in [2.05, 4.69) is 11.9 Å². The van der Waals surface area contributed by atoms with Crippen LogP contribution >= 0.6 is 0 Å². The third-order valence-corrected chi connectivity index (χ3v) is 4.59. The molecule has 0 radical (unpaired) electrons. The molecule has 0 fully saturated rings. The summed E-state index contributed by atoms with van der Waals surface area (Å²) < 4.78 is 28.5. The van der Waals surface area contributed by atoms with Gasteiger partial charge in [-0.2, -0.15) is 0 Å². The number of benzene rings is 1. The third kappa shape index (κ3) is 4.10. The lowest BCUT2D eigenvalue weighted by molar-refractivity contribution is -0.115. The molecule has 0 heterocycles. The van der Waals surface area contributed by atoms with Gasteiger partial charge in [0.1, 0.15) is 11.0 Å². The Hall–Kier alpha value is -1.82. The minimum atomic E-state index is -3.51. The number of hydrogen-bond acceptors (Lipinski definition) is 4. The monoisotopic (exact) mass is 283 g/mol. The fraction of sp³-hybridized carbons (Fsp3) is 0.308. The lowest BCUT2D eigenvalue weighted by Crippen LogP contribution is -2.33. The smallest absolute Gasteiger partial charge is 0.242 e. The van der Waals surface area contributed by atoms with Crippen molar-refractivity contribution >= 4 is 21.4 Å². The van der Waals surface area contributed by atoms with Crippen LogP contribution in [0.1, 0.15) is 6.92 Å². The van der Waals surface area contributed by atoms with Crippen LogP contribution in [0, 0.1) is 0 Å². The SMILES string of the molecule is C=CCS(=O)(=O)C(C)C(=O)Nc1cccc(OC)c1. The van der Waals surface area contributed by atoms with Crippen LogP contribution in [0.25, 0.3) is 0 Å². The standard InChI is InChI=1S/C13H17NO4S/c1-4-8-19(16,17)10(2)13(15)14-11-6-5-7-12(9-11)18-3/h4-7,9-10H,1,8H2,2-3H3,(H,14,15). The Balaban J connectivity index is 2.82. The zero-order valence-electron chi connectivity index (χ0n) is 10.9. The Morgan fingerprint density at radius 1 is 1.53 bits per heavy atom. The minimum absolute atomic E-state index is 0.223. The highest BCUT2D eigenvalue weighted by molar-refractivity contribution is 7.92. The molecule has 0 aliphatic rings. The zero-order chi connectivity index (χ0) is 14.5. The predicted molar refractivity (Wildman–Crippen MR) is 75.1 cm³/mol. The van der Waals surface area contributed by atoms with Gasteiger partial charge in [0, 0.05) is 11.8 Å². The van der Waals surface area contributed by atoms with Crippen LogP contribution in [-0.4, -0.2) is 32.4 Å². The molecule has 1 unspecified atom stereocenters. The average molecular weight is 283 g/mol. The molecule has 1 amide bonds. The van der Waals surface area contributed by atoms with Gasteiger partial charge in [-0.1, -0.05) is 12.1 Å². The fourth-order valence-corrected chi connectivity index (χ4v) is 2.42. The molecule has 1 aromatic carbocycles. The predicted octanol–water partition coefficient (Wildman–Crippen LogP) is 1.62. The Labute approximate surface area is 113 Å². The summed E-state index contributed by atoms with van der Waals surface area (Å²) in [5.74, 6) is -0.214. The van der Waals surface area contributed by atoms with E-state index in [1.165, 1.54) is 20.1 Å². The summed E-state index contributed by atoms with van der Waals surface area (Å²) in [4.78, 5) is 11.9. The molecule has 0 spiro atoms. The van der Waals surface area contributed by atoms with Gasteiger partial charge in [-0.3, -0.25) is 4.79 Å². The van der Waals surface area contributed by atoms with Crippen LogP contribution in [-0.2, 0) is 14.6 Å². The first-order valence-corrected chi connectivity index (χ1v) is 7.39. The summed E-state index contributed by atoms with van der Waals surface area (Å²) >= 11 is 0. The second-order valence-corrected chi connectivity index (χ2v) is 6.35. The number of methoxy groups -OCH3 is 1. The number of carbonyl (C=O) groups is 1. The van der Waals surface area contributed by atoms with Crippen LogP contribution in [0.15, 0.2) is 36.9 Å². The van der Waals surface area contributed by atoms with Crippen molar-refractivity contribution in [2.24, 2.45) is 0 Å². The van der Waals surface area contributed by atoms with Gasteiger partial charge >= 0.3 is 0 Å². The van der Waals surface area contributed by atoms with Gasteiger partial charge in [0.05, 0.1) is 12.9 Å². The number of carbonyl (C=O) groups excluding carboxylic acids is 1. The van der Waals surface area contributed by atoms with Crippen molar-refractivity contribution in [2.45, 2.75) is 12.2 Å². The second kappa shape index (κ2) is 6.38. The molecular formula is C13H17NO4S. The Morgan fingerprint density at radius 2 is 2.21 bits per heavy atom. The van der Waals surface area contributed by atoms with Crippen LogP contribution < -0.4 is 10.1 Å². The number of sulfone groups is 1. The molecule has 6 heteroatoms. The molecule has 1 rings (SSSR count). The summed E-state index contributed by atoms with van der Waals surface area (Å²) in [5, 5.41) is 1.42. The summed E-state index contributed by atoms with van der Waals surface area (Å²) in [5.41, 5.74) is 0.491. The summed E-state index contributed by atoms with van der Waals surface area (Å²) in [6.07, 6.45) is 1.27. The highest BCUT2D eigenvalue weighted by atomic mass is 32.2. The normalized spacial score (nSPS) is 12.5. The number of ether oxygens (including phenoxy) is 1. The summed E-state index contributed by atoms with van der Waals surface area (Å²) in [6.45, 7) is 4.72. The van der Waals surface area contributed by atoms with Crippen LogP contribution in [0.3, 0.4) is 0 Å². The largest absolute Gasteiger partial charge is 0.497 e. The van der Waals surface area contributed by atoms with E-state index in [0.29, 0.717) is 11.4 Å². The minimum Gasteiger partial charge on any atom is -0.497 e. The molecule has 0 aliphatic heterocycles. The molecule has 1 N–H and O–H groups in total. The van der Waals surface area contributed by atoms with E-state index in [0.717, 1.165) is 0 Å². The molecule has 0 saturated carbocycles. The van der Waals surface area contributed by atoms with Gasteiger partial charge < -0.3 is 10.1 Å². The quantitative estimate of drug-likeness (QED) is 0.805. The fourth-order valence-electron chi connectivity index (χ4n) is 1.42. The van der Waals surface area contributed by atoms with Crippen molar-refractivity contribution in [1.82, 2.24) is 0 Å². The molecule has 0 aliphatic carbocycles. The van der Waals surface area contributed by atoms with Crippen molar-refractivity contribution in [1.29, 1.82) is 0 Å². The van der Waals surface area contributed by atoms with E-state index in [4.69, 9.17) is 4.74 Å². The average Bonchev–Trinajstić information content (AvgIpc) is 2.38. The molecular weight excluding hydrogens is 266 g/mol. The zero-order valence-corrected chi connectivity index (χ0v) is 11.7. The van der Waals surface area contributed by atoms with Crippen molar-refractivity contribution in [3.05, 3.63) is 36.9 Å². The van der Waals surface area contributed by atoms with Crippen LogP contribution in [0.5, 0.6) is 5.75 Å². The van der Waals surface area contributed by atoms with E-state index < -0.39 is 21.0 Å². The molecule has 0 aromatic heterocycles. The van der Waals surface area contributed by atoms with Gasteiger partial charge in [0.2, 0.25) is 5.91 Å². The van der Waals surface area contributed by atoms with Crippen molar-refractivity contribution in [3.63, 3.8) is 0 Å². The van der Waals surface area contributed by atoms with Gasteiger partial charge in [-0.05, 0) is 19.1 Å². The molecule has 1 aromatic rings. The number of hydrogen-bond donors (Lipinski definition) is 1. The Bertz CT molecular complexity index is 566. The van der Waals surface area contributed by atoms with Crippen LogP contribution in [0.4, 0.5) is 5.69 Å². The van der Waals surface area contributed by atoms with Gasteiger partial charge in [0.25, 0.3) is 0 Å². The van der Waals surface area contributed by atoms with Crippen molar-refractivity contribution < 1.29 is 17.9 Å². The topological polar surface area (TPSA) is 72.5 Å². The van der Waals surface area contributed by atoms with E-state index in [9.17, 15) is 13.2 Å². The third-order valence-electron chi connectivity index (χ3n) is 2.60. The first-order valence-electron chi connectivity index (χ1n) is 5.68. The first kappa shape index (κ1) is 15.2. The number of anilines is 1. The maximum atomic E-state index is 11.9. The molecule has 19 heavy (non-hydrogen) atoms. The lowest BCUT2D eigenvalue weighted by Gasteiger charge is -2.12. The van der Waals surface area contributed by atoms with Gasteiger partial charge in [0.15, 0.2) is 9.84 Å². The van der Waals surface area contributed by atoms with Gasteiger partial charge in [-0.25, -0.2) is 8.42 Å². The maximum Gasteiger partial charge on any atom is 0.242 e. The Kier molecular flexibility index (Phi) is 5.11. The van der Waals surface area contributed by atoms with Crippen LogP contribution in [0.2, 0.25) is 0 Å². The molecule has 0 saturated heterocycles. The number of amides is 1. The van der Waals surface area contributed by atoms with Crippen molar-refractivity contribution in [3.8, 4) is 5.75 Å². The maximum absolute atomic E-state index is 11.9. The van der Waals surface area contributed by atoms with Gasteiger partial charge in [-0.15, -0.1) is 6.58 Å². The lowest BCUT2D eigenvalue weighted by atomic mass is 10.3. The summed E-state index contributed by atoms with van der Waals surface area (Å²) in [6, 6.07) is 6.71. The second-order valence-electron chi connectivity index (χ2n) is 3.98. The van der Waals surface area contributed by atoms with Crippen molar-refractivity contribution in [2.75, 3.05) is 18.2 Å². The summed E-state index contributed by atoms with van der Waals surface area (Å²) in [7, 11) is -1.99. The number of rotatable bonds is 6. The molecule has 0 bridgehead atoms. The first-order chi connectivity index (χ1) is 8.90.